The molecule has 2 aliphatic heterocycles. The topological polar surface area (TPSA) is 131 Å². The van der Waals surface area contributed by atoms with Crippen LogP contribution in [0.15, 0.2) is 63.9 Å². The van der Waals surface area contributed by atoms with Crippen molar-refractivity contribution in [3.8, 4) is 11.4 Å². The van der Waals surface area contributed by atoms with Gasteiger partial charge >= 0.3 is 11.9 Å². The number of hydrogen-bond donors (Lipinski definition) is 0. The van der Waals surface area contributed by atoms with Crippen molar-refractivity contribution in [3.63, 3.8) is 0 Å². The molecule has 2 aromatic heterocycles. The number of fused-ring (bicyclic) bond motifs is 5. The molecule has 6 rings (SSSR count). The van der Waals surface area contributed by atoms with Crippen LogP contribution in [0.5, 0.6) is 0 Å². The molecule has 0 radical (unpaired) electrons. The van der Waals surface area contributed by atoms with E-state index in [0.29, 0.717) is 32.3 Å². The second-order valence-corrected chi connectivity index (χ2v) is 9.98. The first-order valence-corrected chi connectivity index (χ1v) is 12.5. The maximum absolute atomic E-state index is 13.6. The van der Waals surface area contributed by atoms with Crippen molar-refractivity contribution in [3.05, 3.63) is 102 Å². The van der Waals surface area contributed by atoms with Crippen LogP contribution in [0.25, 0.3) is 22.3 Å². The van der Waals surface area contributed by atoms with Gasteiger partial charge in [-0.2, -0.15) is 0 Å². The fraction of sp³-hybridized carbons (Fsp3) is 0.185. The third-order valence-electron chi connectivity index (χ3n) is 7.02. The highest BCUT2D eigenvalue weighted by molar-refractivity contribution is 9.10. The number of benzene rings is 2. The highest BCUT2D eigenvalue weighted by Crippen LogP contribution is 2.42. The van der Waals surface area contributed by atoms with E-state index in [4.69, 9.17) is 9.47 Å². The van der Waals surface area contributed by atoms with Gasteiger partial charge in [0.15, 0.2) is 0 Å². The van der Waals surface area contributed by atoms with Crippen LogP contribution in [0, 0.1) is 10.1 Å². The maximum Gasteiger partial charge on any atom is 0.355 e. The van der Waals surface area contributed by atoms with E-state index in [-0.39, 0.29) is 42.0 Å². The Labute approximate surface area is 223 Å². The molecular formula is C27H18BrN3O7. The number of nitro benzene ring substituents is 1. The fourth-order valence-corrected chi connectivity index (χ4v) is 5.54. The zero-order chi connectivity index (χ0) is 26.8. The summed E-state index contributed by atoms with van der Waals surface area (Å²) in [6, 6.07) is 14.5. The van der Waals surface area contributed by atoms with Crippen LogP contribution in [-0.4, -0.2) is 26.4 Å². The number of carbonyl (C=O) groups excluding carboxylic acids is 2. The molecule has 1 atom stereocenters. The molecule has 2 aliphatic rings. The Morgan fingerprint density at radius 1 is 1.21 bits per heavy atom. The summed E-state index contributed by atoms with van der Waals surface area (Å²) in [5.41, 5.74) is 0.311. The molecule has 0 saturated heterocycles. The van der Waals surface area contributed by atoms with Gasteiger partial charge in [-0.05, 0) is 42.8 Å². The largest absolute Gasteiger partial charge is 0.457 e. The van der Waals surface area contributed by atoms with Gasteiger partial charge in [0.05, 0.1) is 44.9 Å². The summed E-state index contributed by atoms with van der Waals surface area (Å²) in [6.07, 6.45) is 0.0334. The summed E-state index contributed by atoms with van der Waals surface area (Å²) < 4.78 is 13.4. The molecule has 0 fully saturated rings. The third kappa shape index (κ3) is 3.46. The number of carbonyl (C=O) groups is 2. The Bertz CT molecular complexity index is 1780. The van der Waals surface area contributed by atoms with Crippen molar-refractivity contribution in [1.82, 2.24) is 9.55 Å². The molecule has 38 heavy (non-hydrogen) atoms. The van der Waals surface area contributed by atoms with E-state index in [1.807, 2.05) is 0 Å². The van der Waals surface area contributed by atoms with Crippen LogP contribution in [0.1, 0.15) is 40.4 Å². The van der Waals surface area contributed by atoms with Crippen molar-refractivity contribution in [2.45, 2.75) is 32.1 Å². The lowest BCUT2D eigenvalue weighted by Gasteiger charge is -2.35. The van der Waals surface area contributed by atoms with Gasteiger partial charge in [0.1, 0.15) is 6.61 Å². The number of halogens is 1. The number of cyclic esters (lactones) is 1. The number of hydrogen-bond acceptors (Lipinski definition) is 8. The van der Waals surface area contributed by atoms with E-state index < -0.39 is 28.0 Å². The molecule has 11 heteroatoms. The minimum atomic E-state index is -1.83. The van der Waals surface area contributed by atoms with Gasteiger partial charge in [-0.1, -0.05) is 35.0 Å². The maximum atomic E-state index is 13.6. The summed E-state index contributed by atoms with van der Waals surface area (Å²) >= 11 is 3.32. The van der Waals surface area contributed by atoms with Gasteiger partial charge in [-0.15, -0.1) is 0 Å². The molecule has 0 N–H and O–H groups in total. The first kappa shape index (κ1) is 24.0. The second kappa shape index (κ2) is 8.59. The number of ether oxygens (including phenoxy) is 2. The van der Waals surface area contributed by atoms with Gasteiger partial charge in [-0.25, -0.2) is 14.6 Å². The Morgan fingerprint density at radius 2 is 2.00 bits per heavy atom. The van der Waals surface area contributed by atoms with Crippen LogP contribution < -0.4 is 5.56 Å². The molecule has 0 saturated carbocycles. The summed E-state index contributed by atoms with van der Waals surface area (Å²) in [5, 5.41) is 11.9. The third-order valence-corrected chi connectivity index (χ3v) is 7.51. The fourth-order valence-electron chi connectivity index (χ4n) is 5.14. The molecule has 0 amide bonds. The van der Waals surface area contributed by atoms with Crippen LogP contribution in [0.3, 0.4) is 0 Å². The summed E-state index contributed by atoms with van der Waals surface area (Å²) in [5.74, 6) is -1.50. The van der Waals surface area contributed by atoms with Gasteiger partial charge in [-0.3, -0.25) is 14.9 Å². The van der Waals surface area contributed by atoms with Gasteiger partial charge < -0.3 is 14.0 Å². The average Bonchev–Trinajstić information content (AvgIpc) is 3.26. The standard InChI is InChI=1S/C27H18BrN3O7/c1-2-27(38-25(33)14-5-3-6-16(28)9-14)19-11-22-23-15(12-30(22)24(32)18(19)13-37-26(27)34)10-17-20(29-23)7-4-8-21(17)31(35)36/h3-11H,2,12-13H2,1H3/t27-/m0/s1. The zero-order valence-electron chi connectivity index (χ0n) is 19.9. The summed E-state index contributed by atoms with van der Waals surface area (Å²) in [6.45, 7) is 1.56. The predicted octanol–water partition coefficient (Wildman–Crippen LogP) is 4.62. The molecule has 190 valence electrons. The van der Waals surface area contributed by atoms with Crippen molar-refractivity contribution in [2.24, 2.45) is 0 Å². The van der Waals surface area contributed by atoms with Crippen molar-refractivity contribution in [1.29, 1.82) is 0 Å². The lowest BCUT2D eigenvalue weighted by atomic mass is 9.85. The van der Waals surface area contributed by atoms with E-state index in [9.17, 15) is 24.5 Å². The zero-order valence-corrected chi connectivity index (χ0v) is 21.5. The van der Waals surface area contributed by atoms with Gasteiger partial charge in [0, 0.05) is 21.7 Å². The minimum Gasteiger partial charge on any atom is -0.457 e. The van der Waals surface area contributed by atoms with E-state index >= 15 is 0 Å². The normalized spacial score (nSPS) is 17.4. The van der Waals surface area contributed by atoms with Crippen LogP contribution in [0.4, 0.5) is 5.69 Å². The molecule has 10 nitrogen and oxygen atoms in total. The molecule has 4 heterocycles. The van der Waals surface area contributed by atoms with E-state index in [1.54, 1.807) is 55.5 Å². The molecule has 2 aromatic carbocycles. The Balaban J connectivity index is 1.53. The molecule has 0 bridgehead atoms. The second-order valence-electron chi connectivity index (χ2n) is 9.07. The van der Waals surface area contributed by atoms with E-state index in [0.717, 1.165) is 0 Å². The highest BCUT2D eigenvalue weighted by atomic mass is 79.9. The van der Waals surface area contributed by atoms with E-state index in [2.05, 4.69) is 20.9 Å². The Kier molecular flexibility index (Phi) is 5.42. The summed E-state index contributed by atoms with van der Waals surface area (Å²) in [7, 11) is 0. The summed E-state index contributed by atoms with van der Waals surface area (Å²) in [4.78, 5) is 55.7. The van der Waals surface area contributed by atoms with E-state index in [1.165, 1.54) is 10.6 Å². The minimum absolute atomic E-state index is 0.0334. The van der Waals surface area contributed by atoms with Crippen LogP contribution >= 0.6 is 15.9 Å². The lowest BCUT2D eigenvalue weighted by Crippen LogP contribution is -2.47. The van der Waals surface area contributed by atoms with Crippen molar-refractivity contribution < 1.29 is 24.0 Å². The molecular weight excluding hydrogens is 558 g/mol. The number of rotatable bonds is 4. The first-order chi connectivity index (χ1) is 18.2. The lowest BCUT2D eigenvalue weighted by molar-refractivity contribution is -0.383. The number of nitrogens with zero attached hydrogens (tertiary/aromatic N) is 3. The molecule has 0 spiro atoms. The highest BCUT2D eigenvalue weighted by Gasteiger charge is 2.50. The van der Waals surface area contributed by atoms with Gasteiger partial charge in [0.25, 0.3) is 11.2 Å². The average molecular weight is 576 g/mol. The van der Waals surface area contributed by atoms with Gasteiger partial charge in [0.2, 0.25) is 5.60 Å². The Morgan fingerprint density at radius 3 is 2.74 bits per heavy atom. The monoisotopic (exact) mass is 575 g/mol. The molecule has 4 aromatic rings. The Hall–Kier alpha value is -4.38. The predicted molar refractivity (Wildman–Crippen MR) is 139 cm³/mol. The number of pyridine rings is 2. The van der Waals surface area contributed by atoms with Crippen LogP contribution in [0.2, 0.25) is 0 Å². The number of non-ortho nitro benzene ring substituents is 1. The smallest absolute Gasteiger partial charge is 0.355 e. The first-order valence-electron chi connectivity index (χ1n) is 11.7. The molecule has 0 aliphatic carbocycles. The van der Waals surface area contributed by atoms with Crippen molar-refractivity contribution in [2.75, 3.05) is 0 Å². The number of aromatic nitrogens is 2. The quantitative estimate of drug-likeness (QED) is 0.172. The number of esters is 2. The van der Waals surface area contributed by atoms with Crippen molar-refractivity contribution >= 4 is 44.5 Å². The van der Waals surface area contributed by atoms with Crippen LogP contribution in [-0.2, 0) is 33.0 Å². The number of nitro groups is 1. The SMILES string of the molecule is CC[C@@]1(OC(=O)c2cccc(Br)c2)C(=O)OCc2c1cc1n(c2=O)Cc2cc3c([N+](=O)[O-])cccc3nc2-1. The molecule has 0 unspecified atom stereocenters.